The molecule has 0 saturated carbocycles. The third-order valence-electron chi connectivity index (χ3n) is 5.45. The smallest absolute Gasteiger partial charge is 0.325 e. The molecule has 2 aliphatic heterocycles. The van der Waals surface area contributed by atoms with Gasteiger partial charge in [0.05, 0.1) is 13.2 Å². The first-order chi connectivity index (χ1) is 15.4. The number of benzene rings is 2. The van der Waals surface area contributed by atoms with Crippen LogP contribution < -0.4 is 14.8 Å². The molecule has 1 unspecified atom stereocenters. The van der Waals surface area contributed by atoms with Crippen molar-refractivity contribution in [3.63, 3.8) is 0 Å². The lowest BCUT2D eigenvalue weighted by molar-refractivity contribution is -0.131. The highest BCUT2D eigenvalue weighted by Gasteiger charge is 2.49. The van der Waals surface area contributed by atoms with E-state index in [4.69, 9.17) is 25.5 Å². The number of nitrogens with one attached hydrogen (secondary N) is 1. The van der Waals surface area contributed by atoms with Crippen LogP contribution in [0.2, 0.25) is 5.02 Å². The number of amides is 3. The van der Waals surface area contributed by atoms with E-state index in [1.54, 1.807) is 49.4 Å². The van der Waals surface area contributed by atoms with E-state index in [2.05, 4.69) is 15.5 Å². The second kappa shape index (κ2) is 7.83. The molecule has 3 heterocycles. The van der Waals surface area contributed by atoms with Crippen LogP contribution in [0.25, 0.3) is 11.5 Å². The maximum absolute atomic E-state index is 13.3. The molecule has 1 fully saturated rings. The minimum absolute atomic E-state index is 0.140. The summed E-state index contributed by atoms with van der Waals surface area (Å²) in [6.45, 7) is 2.59. The number of rotatable bonds is 4. The summed E-state index contributed by atoms with van der Waals surface area (Å²) in [4.78, 5) is 27.0. The summed E-state index contributed by atoms with van der Waals surface area (Å²) >= 11 is 5.90. The predicted octanol–water partition coefficient (Wildman–Crippen LogP) is 3.52. The quantitative estimate of drug-likeness (QED) is 0.601. The van der Waals surface area contributed by atoms with Crippen molar-refractivity contribution < 1.29 is 23.5 Å². The molecule has 1 saturated heterocycles. The van der Waals surface area contributed by atoms with E-state index >= 15 is 0 Å². The molecule has 164 valence electrons. The fourth-order valence-electron chi connectivity index (χ4n) is 3.67. The zero-order valence-electron chi connectivity index (χ0n) is 17.1. The number of hydrogen-bond acceptors (Lipinski definition) is 7. The van der Waals surface area contributed by atoms with Crippen molar-refractivity contribution in [2.24, 2.45) is 0 Å². The second-order valence-electron chi connectivity index (χ2n) is 7.67. The van der Waals surface area contributed by atoms with Gasteiger partial charge in [-0.3, -0.25) is 9.69 Å². The van der Waals surface area contributed by atoms with Gasteiger partial charge in [-0.25, -0.2) is 4.79 Å². The number of halogens is 1. The Balaban J connectivity index is 1.37. The largest absolute Gasteiger partial charge is 0.490 e. The molecule has 1 aromatic heterocycles. The van der Waals surface area contributed by atoms with E-state index in [-0.39, 0.29) is 18.3 Å². The Morgan fingerprint density at radius 2 is 1.81 bits per heavy atom. The van der Waals surface area contributed by atoms with Crippen LogP contribution in [0.5, 0.6) is 11.5 Å². The van der Waals surface area contributed by atoms with Gasteiger partial charge in [0.25, 0.3) is 5.91 Å². The van der Waals surface area contributed by atoms with Gasteiger partial charge in [0.15, 0.2) is 11.5 Å². The molecule has 5 rings (SSSR count). The number of carbonyl (C=O) groups excluding carboxylic acids is 2. The SMILES string of the molecule is CC1(c2ccc3c(c2)OCCCO3)NC(=O)N(Cc2nnc(-c3ccc(Cl)cc3)o2)C1=O. The average Bonchev–Trinajstić information content (AvgIpc) is 3.23. The Morgan fingerprint density at radius 3 is 2.59 bits per heavy atom. The van der Waals surface area contributed by atoms with E-state index in [0.29, 0.717) is 40.9 Å². The molecular weight excluding hydrogens is 436 g/mol. The third kappa shape index (κ3) is 3.54. The van der Waals surface area contributed by atoms with Crippen LogP contribution in [0.3, 0.4) is 0 Å². The summed E-state index contributed by atoms with van der Waals surface area (Å²) in [5, 5.41) is 11.3. The van der Waals surface area contributed by atoms with Gasteiger partial charge in [-0.15, -0.1) is 10.2 Å². The van der Waals surface area contributed by atoms with Gasteiger partial charge < -0.3 is 19.2 Å². The molecule has 9 nitrogen and oxygen atoms in total. The summed E-state index contributed by atoms with van der Waals surface area (Å²) in [7, 11) is 0. The maximum Gasteiger partial charge on any atom is 0.325 e. The van der Waals surface area contributed by atoms with Gasteiger partial charge in [-0.05, 0) is 48.9 Å². The van der Waals surface area contributed by atoms with Crippen LogP contribution in [0.4, 0.5) is 4.79 Å². The monoisotopic (exact) mass is 454 g/mol. The van der Waals surface area contributed by atoms with E-state index < -0.39 is 17.5 Å². The Kier molecular flexibility index (Phi) is 4.97. The lowest BCUT2D eigenvalue weighted by atomic mass is 9.91. The highest BCUT2D eigenvalue weighted by Crippen LogP contribution is 2.37. The summed E-state index contributed by atoms with van der Waals surface area (Å²) in [6.07, 6.45) is 0.771. The van der Waals surface area contributed by atoms with Crippen molar-refractivity contribution in [1.29, 1.82) is 0 Å². The fraction of sp³-hybridized carbons (Fsp3) is 0.273. The molecule has 32 heavy (non-hydrogen) atoms. The van der Waals surface area contributed by atoms with E-state index in [1.165, 1.54) is 0 Å². The van der Waals surface area contributed by atoms with Crippen molar-refractivity contribution in [3.8, 4) is 23.0 Å². The minimum Gasteiger partial charge on any atom is -0.490 e. The molecule has 0 radical (unpaired) electrons. The van der Waals surface area contributed by atoms with Crippen LogP contribution in [0.15, 0.2) is 46.9 Å². The van der Waals surface area contributed by atoms with Crippen LogP contribution in [-0.2, 0) is 16.9 Å². The van der Waals surface area contributed by atoms with Gasteiger partial charge in [-0.1, -0.05) is 17.7 Å². The van der Waals surface area contributed by atoms with Crippen LogP contribution in [0.1, 0.15) is 24.8 Å². The van der Waals surface area contributed by atoms with Crippen molar-refractivity contribution in [2.45, 2.75) is 25.4 Å². The topological polar surface area (TPSA) is 107 Å². The molecule has 0 aliphatic carbocycles. The number of urea groups is 1. The number of imide groups is 1. The zero-order valence-corrected chi connectivity index (χ0v) is 17.9. The molecule has 2 aromatic carbocycles. The standard InChI is InChI=1S/C22H19ClN4O5/c1-22(14-5-8-16-17(11-14)31-10-2-9-30-16)20(28)27(21(29)24-22)12-18-25-26-19(32-18)13-3-6-15(23)7-4-13/h3-8,11H,2,9-10,12H2,1H3,(H,24,29). The fourth-order valence-corrected chi connectivity index (χ4v) is 3.80. The molecular formula is C22H19ClN4O5. The Hall–Kier alpha value is -3.59. The molecule has 0 bridgehead atoms. The molecule has 1 atom stereocenters. The highest BCUT2D eigenvalue weighted by atomic mass is 35.5. The van der Waals surface area contributed by atoms with Gasteiger partial charge in [0, 0.05) is 17.0 Å². The minimum atomic E-state index is -1.26. The summed E-state index contributed by atoms with van der Waals surface area (Å²) in [5.41, 5.74) is 0.0123. The molecule has 1 N–H and O–H groups in total. The van der Waals surface area contributed by atoms with Crippen molar-refractivity contribution >= 4 is 23.5 Å². The first-order valence-corrected chi connectivity index (χ1v) is 10.4. The van der Waals surface area contributed by atoms with Crippen molar-refractivity contribution in [1.82, 2.24) is 20.4 Å². The number of aromatic nitrogens is 2. The average molecular weight is 455 g/mol. The Labute approximate surface area is 188 Å². The molecule has 10 heteroatoms. The zero-order chi connectivity index (χ0) is 22.3. The predicted molar refractivity (Wildman–Crippen MR) is 113 cm³/mol. The first-order valence-electron chi connectivity index (χ1n) is 10.1. The number of fused-ring (bicyclic) bond motifs is 1. The third-order valence-corrected chi connectivity index (χ3v) is 5.70. The Morgan fingerprint density at radius 1 is 1.06 bits per heavy atom. The molecule has 3 aromatic rings. The van der Waals surface area contributed by atoms with Crippen molar-refractivity contribution in [2.75, 3.05) is 13.2 Å². The number of hydrogen-bond donors (Lipinski definition) is 1. The van der Waals surface area contributed by atoms with E-state index in [0.717, 1.165) is 11.3 Å². The maximum atomic E-state index is 13.3. The lowest BCUT2D eigenvalue weighted by Gasteiger charge is -2.23. The molecule has 3 amide bonds. The van der Waals surface area contributed by atoms with Crippen LogP contribution >= 0.6 is 11.6 Å². The lowest BCUT2D eigenvalue weighted by Crippen LogP contribution is -2.40. The summed E-state index contributed by atoms with van der Waals surface area (Å²) in [5.74, 6) is 1.15. The van der Waals surface area contributed by atoms with Crippen LogP contribution in [0, 0.1) is 0 Å². The number of nitrogens with zero attached hydrogens (tertiary/aromatic N) is 3. The first kappa shape index (κ1) is 20.3. The van der Waals surface area contributed by atoms with Gasteiger partial charge in [0.1, 0.15) is 12.1 Å². The van der Waals surface area contributed by atoms with Gasteiger partial charge in [-0.2, -0.15) is 0 Å². The van der Waals surface area contributed by atoms with E-state index in [1.807, 2.05) is 0 Å². The summed E-state index contributed by atoms with van der Waals surface area (Å²) < 4.78 is 17.0. The number of carbonyl (C=O) groups is 2. The van der Waals surface area contributed by atoms with Crippen molar-refractivity contribution in [3.05, 3.63) is 58.9 Å². The Bertz CT molecular complexity index is 1200. The van der Waals surface area contributed by atoms with Gasteiger partial charge >= 0.3 is 6.03 Å². The van der Waals surface area contributed by atoms with Gasteiger partial charge in [0.2, 0.25) is 11.8 Å². The second-order valence-corrected chi connectivity index (χ2v) is 8.10. The highest BCUT2D eigenvalue weighted by molar-refractivity contribution is 6.30. The normalized spacial score (nSPS) is 20.2. The number of ether oxygens (including phenoxy) is 2. The molecule has 2 aliphatic rings. The van der Waals surface area contributed by atoms with E-state index in [9.17, 15) is 9.59 Å². The van der Waals surface area contributed by atoms with Crippen LogP contribution in [-0.4, -0.2) is 40.2 Å². The molecule has 0 spiro atoms. The summed E-state index contributed by atoms with van der Waals surface area (Å²) in [6, 6.07) is 11.6.